The minimum atomic E-state index is -1.69. The lowest BCUT2D eigenvalue weighted by molar-refractivity contribution is -0.170. The standard InChI is InChI=1S/C29H46Cl3NO5/c1-17(2)11-13-33(26(36)38-16-29(30,31)32)23-15-28(4)21(8-9-22(28)25(35)37-5)20-7-6-18-14-19(34)10-12-27(18,3)24(20)23/h17-24,34H,6-16H2,1-5H3/t18-,19+,20-,21-,22+,23+,24+,27-,28-/m0/s1. The number of carbonyl (C=O) groups is 2. The minimum absolute atomic E-state index is 0.00304. The van der Waals surface area contributed by atoms with Gasteiger partial charge in [-0.1, -0.05) is 62.5 Å². The Morgan fingerprint density at radius 3 is 2.42 bits per heavy atom. The maximum Gasteiger partial charge on any atom is 0.410 e. The van der Waals surface area contributed by atoms with Crippen LogP contribution in [0.5, 0.6) is 0 Å². The molecule has 0 bridgehead atoms. The third kappa shape index (κ3) is 5.81. The van der Waals surface area contributed by atoms with Crippen molar-refractivity contribution in [1.29, 1.82) is 0 Å². The Morgan fingerprint density at radius 2 is 1.79 bits per heavy atom. The molecule has 0 aromatic heterocycles. The summed E-state index contributed by atoms with van der Waals surface area (Å²) in [6.45, 7) is 9.19. The van der Waals surface area contributed by atoms with E-state index in [9.17, 15) is 14.7 Å². The highest BCUT2D eigenvalue weighted by Crippen LogP contribution is 2.68. The SMILES string of the molecule is COC(=O)[C@H]1CC[C@H]2[C@@H]3CC[C@H]4C[C@H](O)CC[C@]4(C)[C@H]3[C@H](N(CCC(C)C)C(=O)OCC(Cl)(Cl)Cl)C[C@]12C. The molecule has 38 heavy (non-hydrogen) atoms. The summed E-state index contributed by atoms with van der Waals surface area (Å²) in [6, 6.07) is -0.101. The van der Waals surface area contributed by atoms with Crippen molar-refractivity contribution in [3.05, 3.63) is 0 Å². The Labute approximate surface area is 243 Å². The van der Waals surface area contributed by atoms with Gasteiger partial charge in [-0.05, 0) is 98.2 Å². The van der Waals surface area contributed by atoms with Crippen LogP contribution in [0.4, 0.5) is 4.79 Å². The van der Waals surface area contributed by atoms with Crippen LogP contribution in [-0.2, 0) is 14.3 Å². The highest BCUT2D eigenvalue weighted by Gasteiger charge is 2.65. The zero-order valence-corrected chi connectivity index (χ0v) is 25.8. The molecule has 1 N–H and O–H groups in total. The van der Waals surface area contributed by atoms with E-state index in [1.165, 1.54) is 7.11 Å². The number of ether oxygens (including phenoxy) is 2. The van der Waals surface area contributed by atoms with Crippen LogP contribution in [0.25, 0.3) is 0 Å². The normalized spacial score (nSPS) is 40.6. The van der Waals surface area contributed by atoms with E-state index in [-0.39, 0.29) is 47.4 Å². The van der Waals surface area contributed by atoms with E-state index in [4.69, 9.17) is 44.3 Å². The molecular formula is C29H46Cl3NO5. The molecule has 0 unspecified atom stereocenters. The van der Waals surface area contributed by atoms with E-state index in [0.29, 0.717) is 30.2 Å². The van der Waals surface area contributed by atoms with Crippen LogP contribution >= 0.6 is 34.8 Å². The van der Waals surface area contributed by atoms with Crippen molar-refractivity contribution in [2.24, 2.45) is 46.3 Å². The van der Waals surface area contributed by atoms with Gasteiger partial charge in [-0.3, -0.25) is 4.79 Å². The number of nitrogens with zero attached hydrogens (tertiary/aromatic N) is 1. The average Bonchev–Trinajstić information content (AvgIpc) is 3.18. The lowest BCUT2D eigenvalue weighted by atomic mass is 9.43. The molecule has 4 saturated carbocycles. The van der Waals surface area contributed by atoms with Gasteiger partial charge in [0.1, 0.15) is 6.61 Å². The number of aliphatic hydroxyl groups excluding tert-OH is 1. The summed E-state index contributed by atoms with van der Waals surface area (Å²) in [4.78, 5) is 28.7. The van der Waals surface area contributed by atoms with Gasteiger partial charge in [0, 0.05) is 12.6 Å². The fraction of sp³-hybridized carbons (Fsp3) is 0.931. The van der Waals surface area contributed by atoms with Crippen molar-refractivity contribution < 1.29 is 24.2 Å². The molecule has 9 atom stereocenters. The van der Waals surface area contributed by atoms with Gasteiger partial charge in [-0.25, -0.2) is 4.79 Å². The molecule has 4 aliphatic carbocycles. The molecule has 0 aromatic carbocycles. The predicted octanol–water partition coefficient (Wildman–Crippen LogP) is 7.01. The van der Waals surface area contributed by atoms with Crippen LogP contribution in [0.15, 0.2) is 0 Å². The quantitative estimate of drug-likeness (QED) is 0.264. The van der Waals surface area contributed by atoms with Crippen molar-refractivity contribution in [3.8, 4) is 0 Å². The van der Waals surface area contributed by atoms with Gasteiger partial charge in [0.2, 0.25) is 3.79 Å². The molecule has 0 aliphatic heterocycles. The number of esters is 1. The number of amides is 1. The van der Waals surface area contributed by atoms with E-state index in [2.05, 4.69) is 27.7 Å². The van der Waals surface area contributed by atoms with Crippen LogP contribution in [0.3, 0.4) is 0 Å². The number of alkyl halides is 3. The molecule has 9 heteroatoms. The number of hydrogen-bond donors (Lipinski definition) is 1. The zero-order chi connectivity index (χ0) is 28.0. The van der Waals surface area contributed by atoms with Crippen molar-refractivity contribution >= 4 is 46.9 Å². The molecule has 4 rings (SSSR count). The van der Waals surface area contributed by atoms with E-state index in [1.54, 1.807) is 0 Å². The fourth-order valence-corrected chi connectivity index (χ4v) is 9.37. The van der Waals surface area contributed by atoms with E-state index >= 15 is 0 Å². The van der Waals surface area contributed by atoms with Gasteiger partial charge in [-0.15, -0.1) is 0 Å². The third-order valence-electron chi connectivity index (χ3n) is 11.0. The fourth-order valence-electron chi connectivity index (χ4n) is 9.21. The first-order valence-electron chi connectivity index (χ1n) is 14.5. The van der Waals surface area contributed by atoms with Gasteiger partial charge in [0.25, 0.3) is 0 Å². The molecular weight excluding hydrogens is 549 g/mol. The Morgan fingerprint density at radius 1 is 1.08 bits per heavy atom. The molecule has 0 aromatic rings. The number of methoxy groups -OCH3 is 1. The van der Waals surface area contributed by atoms with E-state index in [0.717, 1.165) is 57.8 Å². The van der Waals surface area contributed by atoms with Gasteiger partial charge < -0.3 is 19.5 Å². The molecule has 0 saturated heterocycles. The summed E-state index contributed by atoms with van der Waals surface area (Å²) in [5.74, 6) is 1.56. The molecule has 0 heterocycles. The highest BCUT2D eigenvalue weighted by atomic mass is 35.6. The summed E-state index contributed by atoms with van der Waals surface area (Å²) in [5.41, 5.74) is -0.259. The summed E-state index contributed by atoms with van der Waals surface area (Å²) in [5, 5.41) is 10.6. The first-order chi connectivity index (χ1) is 17.7. The molecule has 6 nitrogen and oxygen atoms in total. The third-order valence-corrected chi connectivity index (χ3v) is 11.3. The number of carbonyl (C=O) groups excluding carboxylic acids is 2. The Balaban J connectivity index is 1.76. The summed E-state index contributed by atoms with van der Waals surface area (Å²) in [6.07, 6.45) is 7.40. The lowest BCUT2D eigenvalue weighted by Gasteiger charge is -2.64. The summed E-state index contributed by atoms with van der Waals surface area (Å²) >= 11 is 17.9. The van der Waals surface area contributed by atoms with Crippen molar-refractivity contribution in [2.45, 2.75) is 101 Å². The molecule has 1 amide bonds. The predicted molar refractivity (Wildman–Crippen MR) is 150 cm³/mol. The maximum absolute atomic E-state index is 13.8. The van der Waals surface area contributed by atoms with Crippen LogP contribution in [-0.4, -0.2) is 58.3 Å². The van der Waals surface area contributed by atoms with Gasteiger partial charge in [-0.2, -0.15) is 0 Å². The Kier molecular flexibility index (Phi) is 9.20. The topological polar surface area (TPSA) is 76.1 Å². The van der Waals surface area contributed by atoms with Crippen molar-refractivity contribution in [2.75, 3.05) is 20.3 Å². The molecule has 4 fully saturated rings. The van der Waals surface area contributed by atoms with E-state index < -0.39 is 9.89 Å². The van der Waals surface area contributed by atoms with Crippen LogP contribution in [0.1, 0.15) is 85.5 Å². The second kappa shape index (κ2) is 11.4. The van der Waals surface area contributed by atoms with Crippen molar-refractivity contribution in [3.63, 3.8) is 0 Å². The number of aliphatic hydroxyl groups is 1. The van der Waals surface area contributed by atoms with Gasteiger partial charge in [0.15, 0.2) is 0 Å². The molecule has 0 radical (unpaired) electrons. The molecule has 218 valence electrons. The first-order valence-corrected chi connectivity index (χ1v) is 15.6. The number of halogens is 3. The first kappa shape index (κ1) is 30.5. The van der Waals surface area contributed by atoms with Crippen LogP contribution in [0, 0.1) is 46.3 Å². The number of fused-ring (bicyclic) bond motifs is 5. The average molecular weight is 595 g/mol. The zero-order valence-electron chi connectivity index (χ0n) is 23.6. The smallest absolute Gasteiger partial charge is 0.410 e. The second-order valence-corrected chi connectivity index (χ2v) is 16.0. The molecule has 0 spiro atoms. The second-order valence-electron chi connectivity index (χ2n) is 13.5. The van der Waals surface area contributed by atoms with E-state index in [1.807, 2.05) is 4.90 Å². The van der Waals surface area contributed by atoms with Gasteiger partial charge >= 0.3 is 12.1 Å². The van der Waals surface area contributed by atoms with Gasteiger partial charge in [0.05, 0.1) is 19.1 Å². The van der Waals surface area contributed by atoms with Crippen molar-refractivity contribution in [1.82, 2.24) is 4.90 Å². The highest BCUT2D eigenvalue weighted by molar-refractivity contribution is 6.67. The number of rotatable bonds is 6. The Hall–Kier alpha value is -0.430. The largest absolute Gasteiger partial charge is 0.469 e. The minimum Gasteiger partial charge on any atom is -0.469 e. The van der Waals surface area contributed by atoms with Crippen LogP contribution < -0.4 is 0 Å². The number of hydrogen-bond acceptors (Lipinski definition) is 5. The van der Waals surface area contributed by atoms with Crippen LogP contribution in [0.2, 0.25) is 0 Å². The molecule has 4 aliphatic rings. The Bertz CT molecular complexity index is 881. The monoisotopic (exact) mass is 593 g/mol. The summed E-state index contributed by atoms with van der Waals surface area (Å²) < 4.78 is 9.22. The summed E-state index contributed by atoms with van der Waals surface area (Å²) in [7, 11) is 1.48. The lowest BCUT2D eigenvalue weighted by Crippen LogP contribution is -2.64. The maximum atomic E-state index is 13.8.